The Labute approximate surface area is 120 Å². The van der Waals surface area contributed by atoms with Gasteiger partial charge in [-0.1, -0.05) is 27.2 Å². The van der Waals surface area contributed by atoms with Gasteiger partial charge in [0, 0.05) is 24.2 Å². The fraction of sp³-hybridized carbons (Fsp3) is 1.00. The van der Waals surface area contributed by atoms with Gasteiger partial charge >= 0.3 is 0 Å². The average molecular weight is 266 g/mol. The third kappa shape index (κ3) is 3.95. The van der Waals surface area contributed by atoms with Gasteiger partial charge in [-0.05, 0) is 57.9 Å². The summed E-state index contributed by atoms with van der Waals surface area (Å²) in [6.07, 6.45) is 9.87. The van der Waals surface area contributed by atoms with Crippen LogP contribution in [0.25, 0.3) is 0 Å². The van der Waals surface area contributed by atoms with Crippen LogP contribution < -0.4 is 5.32 Å². The molecule has 2 bridgehead atoms. The summed E-state index contributed by atoms with van der Waals surface area (Å²) < 4.78 is 0. The van der Waals surface area contributed by atoms with Crippen LogP contribution in [0, 0.1) is 5.92 Å². The zero-order valence-corrected chi connectivity index (χ0v) is 13.5. The summed E-state index contributed by atoms with van der Waals surface area (Å²) in [5, 5.41) is 3.70. The Morgan fingerprint density at radius 3 is 2.21 bits per heavy atom. The summed E-state index contributed by atoms with van der Waals surface area (Å²) in [6.45, 7) is 10.6. The molecule has 0 aromatic carbocycles. The average Bonchev–Trinajstić information content (AvgIpc) is 2.35. The Hall–Kier alpha value is -0.0800. The van der Waals surface area contributed by atoms with Gasteiger partial charge in [-0.25, -0.2) is 0 Å². The molecule has 19 heavy (non-hydrogen) atoms. The molecular weight excluding hydrogens is 232 g/mol. The van der Waals surface area contributed by atoms with E-state index in [-0.39, 0.29) is 0 Å². The van der Waals surface area contributed by atoms with Crippen molar-refractivity contribution in [3.8, 4) is 0 Å². The van der Waals surface area contributed by atoms with Crippen molar-refractivity contribution < 1.29 is 0 Å². The molecule has 0 aliphatic carbocycles. The topological polar surface area (TPSA) is 15.3 Å². The number of hydrogen-bond acceptors (Lipinski definition) is 2. The second-order valence-electron chi connectivity index (χ2n) is 7.23. The first kappa shape index (κ1) is 15.3. The van der Waals surface area contributed by atoms with E-state index in [1.165, 1.54) is 44.9 Å². The molecule has 0 aromatic heterocycles. The lowest BCUT2D eigenvalue weighted by molar-refractivity contribution is -0.00882. The molecule has 2 fully saturated rings. The highest BCUT2D eigenvalue weighted by Crippen LogP contribution is 2.36. The van der Waals surface area contributed by atoms with Gasteiger partial charge in [0.2, 0.25) is 0 Å². The third-order valence-corrected chi connectivity index (χ3v) is 5.19. The van der Waals surface area contributed by atoms with E-state index in [1.54, 1.807) is 0 Å². The first-order valence-corrected chi connectivity index (χ1v) is 8.62. The fourth-order valence-electron chi connectivity index (χ4n) is 4.32. The van der Waals surface area contributed by atoms with Crippen molar-refractivity contribution in [1.29, 1.82) is 0 Å². The van der Waals surface area contributed by atoms with Gasteiger partial charge in [-0.15, -0.1) is 0 Å². The smallest absolute Gasteiger partial charge is 0.0116 e. The van der Waals surface area contributed by atoms with E-state index in [1.807, 2.05) is 0 Å². The van der Waals surface area contributed by atoms with Crippen LogP contribution in [0.1, 0.15) is 72.6 Å². The normalized spacial score (nSPS) is 33.6. The predicted molar refractivity (Wildman–Crippen MR) is 83.5 cm³/mol. The van der Waals surface area contributed by atoms with Crippen LogP contribution in [0.15, 0.2) is 0 Å². The van der Waals surface area contributed by atoms with Gasteiger partial charge in [-0.3, -0.25) is 4.90 Å². The van der Waals surface area contributed by atoms with Crippen LogP contribution in [0.2, 0.25) is 0 Å². The fourth-order valence-corrected chi connectivity index (χ4v) is 4.32. The highest BCUT2D eigenvalue weighted by molar-refractivity contribution is 4.96. The largest absolute Gasteiger partial charge is 0.314 e. The molecule has 0 saturated carbocycles. The molecule has 2 aliphatic heterocycles. The lowest BCUT2D eigenvalue weighted by atomic mass is 9.80. The van der Waals surface area contributed by atoms with Crippen molar-refractivity contribution in [3.05, 3.63) is 0 Å². The van der Waals surface area contributed by atoms with Crippen molar-refractivity contribution in [2.24, 2.45) is 5.92 Å². The maximum atomic E-state index is 3.70. The summed E-state index contributed by atoms with van der Waals surface area (Å²) in [5.41, 5.74) is 0. The SMILES string of the molecule is CCNC1CC2CCCC(C1)N2C(C)CCC(C)C. The van der Waals surface area contributed by atoms with Crippen molar-refractivity contribution in [2.75, 3.05) is 6.54 Å². The standard InChI is InChI=1S/C17H34N2/c1-5-18-15-11-16-7-6-8-17(12-15)19(16)14(4)10-9-13(2)3/h13-18H,5-12H2,1-4H3. The Morgan fingerprint density at radius 1 is 1.05 bits per heavy atom. The van der Waals surface area contributed by atoms with E-state index >= 15 is 0 Å². The van der Waals surface area contributed by atoms with E-state index in [9.17, 15) is 0 Å². The number of fused-ring (bicyclic) bond motifs is 2. The van der Waals surface area contributed by atoms with Gasteiger partial charge in [0.1, 0.15) is 0 Å². The van der Waals surface area contributed by atoms with Crippen LogP contribution >= 0.6 is 0 Å². The Kier molecular flexibility index (Phi) is 5.70. The molecule has 0 aromatic rings. The molecule has 3 unspecified atom stereocenters. The monoisotopic (exact) mass is 266 g/mol. The molecule has 2 saturated heterocycles. The van der Waals surface area contributed by atoms with Gasteiger partial charge in [0.05, 0.1) is 0 Å². The second kappa shape index (κ2) is 7.08. The first-order chi connectivity index (χ1) is 9.11. The zero-order valence-electron chi connectivity index (χ0n) is 13.5. The van der Waals surface area contributed by atoms with Gasteiger partial charge < -0.3 is 5.32 Å². The van der Waals surface area contributed by atoms with Crippen molar-refractivity contribution in [3.63, 3.8) is 0 Å². The molecule has 2 nitrogen and oxygen atoms in total. The van der Waals surface area contributed by atoms with E-state index in [2.05, 4.69) is 37.9 Å². The van der Waals surface area contributed by atoms with Crippen molar-refractivity contribution >= 4 is 0 Å². The minimum atomic E-state index is 0.786. The lowest BCUT2D eigenvalue weighted by Gasteiger charge is -2.52. The molecule has 112 valence electrons. The van der Waals surface area contributed by atoms with E-state index in [0.717, 1.165) is 36.6 Å². The molecule has 2 heteroatoms. The summed E-state index contributed by atoms with van der Waals surface area (Å²) in [4.78, 5) is 2.90. The van der Waals surface area contributed by atoms with E-state index < -0.39 is 0 Å². The summed E-state index contributed by atoms with van der Waals surface area (Å²) in [7, 11) is 0. The molecule has 1 N–H and O–H groups in total. The number of hydrogen-bond donors (Lipinski definition) is 1. The summed E-state index contributed by atoms with van der Waals surface area (Å²) in [6, 6.07) is 3.30. The predicted octanol–water partition coefficient (Wildman–Crippen LogP) is 3.81. The number of nitrogens with one attached hydrogen (secondary N) is 1. The highest BCUT2D eigenvalue weighted by atomic mass is 15.2. The number of nitrogens with zero attached hydrogens (tertiary/aromatic N) is 1. The lowest BCUT2D eigenvalue weighted by Crippen LogP contribution is -2.59. The van der Waals surface area contributed by atoms with E-state index in [0.29, 0.717) is 0 Å². The second-order valence-corrected chi connectivity index (χ2v) is 7.23. The molecule has 2 heterocycles. The van der Waals surface area contributed by atoms with Crippen molar-refractivity contribution in [1.82, 2.24) is 10.2 Å². The molecule has 0 radical (unpaired) electrons. The third-order valence-electron chi connectivity index (χ3n) is 5.19. The quantitative estimate of drug-likeness (QED) is 0.786. The Balaban J connectivity index is 1.93. The minimum Gasteiger partial charge on any atom is -0.314 e. The van der Waals surface area contributed by atoms with Crippen LogP contribution in [0.5, 0.6) is 0 Å². The summed E-state index contributed by atoms with van der Waals surface area (Å²) in [5.74, 6) is 0.849. The maximum Gasteiger partial charge on any atom is 0.0116 e. The zero-order chi connectivity index (χ0) is 13.8. The van der Waals surface area contributed by atoms with Crippen LogP contribution in [-0.4, -0.2) is 35.6 Å². The number of rotatable bonds is 6. The van der Waals surface area contributed by atoms with Crippen molar-refractivity contribution in [2.45, 2.75) is 96.8 Å². The number of piperidine rings is 2. The molecule has 2 rings (SSSR count). The Bertz CT molecular complexity index is 250. The van der Waals surface area contributed by atoms with Crippen LogP contribution in [0.4, 0.5) is 0 Å². The van der Waals surface area contributed by atoms with Gasteiger partial charge in [-0.2, -0.15) is 0 Å². The molecule has 0 amide bonds. The van der Waals surface area contributed by atoms with E-state index in [4.69, 9.17) is 0 Å². The molecule has 3 atom stereocenters. The van der Waals surface area contributed by atoms with Gasteiger partial charge in [0.15, 0.2) is 0 Å². The molecular formula is C17H34N2. The molecule has 0 spiro atoms. The Morgan fingerprint density at radius 2 is 1.68 bits per heavy atom. The summed E-state index contributed by atoms with van der Waals surface area (Å²) >= 11 is 0. The maximum absolute atomic E-state index is 3.70. The first-order valence-electron chi connectivity index (χ1n) is 8.62. The minimum absolute atomic E-state index is 0.786. The highest BCUT2D eigenvalue weighted by Gasteiger charge is 2.39. The molecule has 2 aliphatic rings. The van der Waals surface area contributed by atoms with Crippen LogP contribution in [-0.2, 0) is 0 Å². The van der Waals surface area contributed by atoms with Gasteiger partial charge in [0.25, 0.3) is 0 Å². The van der Waals surface area contributed by atoms with Crippen LogP contribution in [0.3, 0.4) is 0 Å².